The van der Waals surface area contributed by atoms with Gasteiger partial charge in [0.25, 0.3) is 12.3 Å². The lowest BCUT2D eigenvalue weighted by Crippen LogP contribution is -2.21. The Morgan fingerprint density at radius 2 is 2.13 bits per heavy atom. The normalized spacial score (nSPS) is 16.4. The van der Waals surface area contributed by atoms with E-state index in [1.165, 1.54) is 12.1 Å². The van der Waals surface area contributed by atoms with Crippen molar-refractivity contribution in [2.75, 3.05) is 25.5 Å². The molecule has 1 saturated heterocycles. The first-order valence-electron chi connectivity index (χ1n) is 9.84. The molecule has 1 unspecified atom stereocenters. The Labute approximate surface area is 176 Å². The monoisotopic (exact) mass is 429 g/mol. The number of rotatable bonds is 6. The van der Waals surface area contributed by atoms with Crippen molar-refractivity contribution in [2.45, 2.75) is 25.7 Å². The zero-order valence-corrected chi connectivity index (χ0v) is 17.0. The smallest absolute Gasteiger partial charge is 0.280 e. The van der Waals surface area contributed by atoms with Crippen LogP contribution < -0.4 is 10.1 Å². The minimum absolute atomic E-state index is 0.0203. The molecule has 0 bridgehead atoms. The number of fused-ring (bicyclic) bond motifs is 1. The minimum Gasteiger partial charge on any atom is -0.491 e. The average molecular weight is 429 g/mol. The maximum Gasteiger partial charge on any atom is 0.280 e. The van der Waals surface area contributed by atoms with Gasteiger partial charge in [0.05, 0.1) is 18.2 Å². The molecular formula is C21H21F2N5O3. The molecule has 0 aromatic carbocycles. The number of nitrogens with one attached hydrogen (secondary N) is 1. The van der Waals surface area contributed by atoms with Crippen LogP contribution in [-0.4, -0.2) is 51.3 Å². The fourth-order valence-corrected chi connectivity index (χ4v) is 3.55. The van der Waals surface area contributed by atoms with Crippen molar-refractivity contribution in [3.8, 4) is 5.75 Å². The zero-order valence-electron chi connectivity index (χ0n) is 17.0. The molecule has 1 fully saturated rings. The van der Waals surface area contributed by atoms with Gasteiger partial charge in [-0.25, -0.2) is 18.7 Å². The number of hydrogen-bond donors (Lipinski definition) is 1. The third-order valence-electron chi connectivity index (χ3n) is 5.13. The van der Waals surface area contributed by atoms with E-state index in [9.17, 15) is 18.4 Å². The molecule has 0 spiro atoms. The van der Waals surface area contributed by atoms with E-state index in [1.54, 1.807) is 41.7 Å². The fourth-order valence-electron chi connectivity index (χ4n) is 3.55. The summed E-state index contributed by atoms with van der Waals surface area (Å²) in [7, 11) is 1.76. The molecule has 10 heteroatoms. The summed E-state index contributed by atoms with van der Waals surface area (Å²) >= 11 is 0. The number of amides is 2. The van der Waals surface area contributed by atoms with Gasteiger partial charge in [0.1, 0.15) is 28.5 Å². The van der Waals surface area contributed by atoms with E-state index in [4.69, 9.17) is 4.74 Å². The van der Waals surface area contributed by atoms with Gasteiger partial charge in [0.15, 0.2) is 0 Å². The number of ether oxygens (including phenoxy) is 1. The third-order valence-corrected chi connectivity index (χ3v) is 5.13. The third kappa shape index (κ3) is 4.05. The Bertz CT molecular complexity index is 1150. The van der Waals surface area contributed by atoms with Gasteiger partial charge >= 0.3 is 0 Å². The molecular weight excluding hydrogens is 408 g/mol. The second-order valence-corrected chi connectivity index (χ2v) is 7.22. The van der Waals surface area contributed by atoms with E-state index in [0.29, 0.717) is 42.4 Å². The van der Waals surface area contributed by atoms with Gasteiger partial charge in [-0.3, -0.25) is 9.59 Å². The van der Waals surface area contributed by atoms with E-state index in [1.807, 2.05) is 0 Å². The first-order valence-corrected chi connectivity index (χ1v) is 9.84. The van der Waals surface area contributed by atoms with Gasteiger partial charge in [0, 0.05) is 32.1 Å². The van der Waals surface area contributed by atoms with Crippen molar-refractivity contribution in [3.63, 3.8) is 0 Å². The summed E-state index contributed by atoms with van der Waals surface area (Å²) in [6, 6.07) is 5.54. The second kappa shape index (κ2) is 8.29. The number of hydrogen-bond acceptors (Lipinski definition) is 5. The first kappa shape index (κ1) is 20.7. The van der Waals surface area contributed by atoms with E-state index >= 15 is 0 Å². The summed E-state index contributed by atoms with van der Waals surface area (Å²) in [6.07, 6.45) is 1.28. The topological polar surface area (TPSA) is 88.8 Å². The fraction of sp³-hybridized carbons (Fsp3) is 0.333. The number of likely N-dealkylation sites (tertiary alicyclic amines) is 1. The summed E-state index contributed by atoms with van der Waals surface area (Å²) in [5.41, 5.74) is 0.940. The zero-order chi connectivity index (χ0) is 22.1. The van der Waals surface area contributed by atoms with Crippen LogP contribution >= 0.6 is 0 Å². The Morgan fingerprint density at radius 1 is 1.32 bits per heavy atom. The minimum atomic E-state index is -2.77. The first-order chi connectivity index (χ1) is 14.9. The molecule has 0 aliphatic carbocycles. The number of imidazole rings is 1. The molecule has 3 aromatic rings. The number of likely N-dealkylation sites (N-methyl/N-ethyl adjacent to an activating group) is 1. The van der Waals surface area contributed by atoms with Gasteiger partial charge in [-0.15, -0.1) is 0 Å². The van der Waals surface area contributed by atoms with Crippen LogP contribution in [0.2, 0.25) is 0 Å². The lowest BCUT2D eigenvalue weighted by atomic mass is 10.1. The van der Waals surface area contributed by atoms with E-state index in [2.05, 4.69) is 15.3 Å². The van der Waals surface area contributed by atoms with Crippen molar-refractivity contribution in [1.82, 2.24) is 19.3 Å². The largest absolute Gasteiger partial charge is 0.491 e. The standard InChI is InChI=1S/C21H21F2N5O3/c1-3-31-17-9-18-25-15(12-7-8-27(2)21(12)30)10-28(18)11-16(17)26-20(29)14-6-4-5-13(24-14)19(22)23/h4-6,9-12,19H,3,7-8H2,1-2H3,(H,26,29). The van der Waals surface area contributed by atoms with E-state index < -0.39 is 18.0 Å². The van der Waals surface area contributed by atoms with Crippen molar-refractivity contribution in [2.24, 2.45) is 0 Å². The Balaban J connectivity index is 1.66. The highest BCUT2D eigenvalue weighted by Crippen LogP contribution is 2.31. The maximum absolute atomic E-state index is 12.9. The molecule has 1 aliphatic rings. The van der Waals surface area contributed by atoms with Crippen LogP contribution in [0.3, 0.4) is 0 Å². The Morgan fingerprint density at radius 3 is 2.81 bits per heavy atom. The Hall–Kier alpha value is -3.56. The van der Waals surface area contributed by atoms with Crippen LogP contribution in [0.1, 0.15) is 47.6 Å². The van der Waals surface area contributed by atoms with Gasteiger partial charge in [-0.1, -0.05) is 6.07 Å². The van der Waals surface area contributed by atoms with Crippen molar-refractivity contribution >= 4 is 23.1 Å². The van der Waals surface area contributed by atoms with Gasteiger partial charge in [-0.05, 0) is 25.5 Å². The number of alkyl halides is 2. The lowest BCUT2D eigenvalue weighted by molar-refractivity contribution is -0.127. The predicted octanol–water partition coefficient (Wildman–Crippen LogP) is 3.26. The average Bonchev–Trinajstić information content (AvgIpc) is 3.31. The van der Waals surface area contributed by atoms with Gasteiger partial charge in [-0.2, -0.15) is 0 Å². The van der Waals surface area contributed by atoms with Crippen LogP contribution in [-0.2, 0) is 4.79 Å². The van der Waals surface area contributed by atoms with Crippen LogP contribution in [0.5, 0.6) is 5.75 Å². The predicted molar refractivity (Wildman–Crippen MR) is 109 cm³/mol. The molecule has 4 rings (SSSR count). The SMILES string of the molecule is CCOc1cc2nc(C3CCN(C)C3=O)cn2cc1NC(=O)c1cccc(C(F)F)n1. The maximum atomic E-state index is 12.9. The second-order valence-electron chi connectivity index (χ2n) is 7.22. The molecule has 2 amide bonds. The van der Waals surface area contributed by atoms with Gasteiger partial charge < -0.3 is 19.4 Å². The van der Waals surface area contributed by atoms with Gasteiger partial charge in [0.2, 0.25) is 5.91 Å². The quantitative estimate of drug-likeness (QED) is 0.650. The summed E-state index contributed by atoms with van der Waals surface area (Å²) in [5, 5.41) is 2.67. The summed E-state index contributed by atoms with van der Waals surface area (Å²) in [6.45, 7) is 2.82. The summed E-state index contributed by atoms with van der Waals surface area (Å²) in [5.74, 6) is -0.553. The van der Waals surface area contributed by atoms with Crippen LogP contribution in [0.4, 0.5) is 14.5 Å². The van der Waals surface area contributed by atoms with E-state index in [0.717, 1.165) is 6.07 Å². The van der Waals surface area contributed by atoms with Crippen molar-refractivity contribution in [3.05, 3.63) is 53.7 Å². The molecule has 1 atom stereocenters. The number of halogens is 2. The molecule has 3 aromatic heterocycles. The highest BCUT2D eigenvalue weighted by molar-refractivity contribution is 6.03. The number of pyridine rings is 2. The van der Waals surface area contributed by atoms with Crippen molar-refractivity contribution < 1.29 is 23.1 Å². The molecule has 1 aliphatic heterocycles. The molecule has 4 heterocycles. The summed E-state index contributed by atoms with van der Waals surface area (Å²) in [4.78, 5) is 34.9. The Kier molecular flexibility index (Phi) is 5.53. The summed E-state index contributed by atoms with van der Waals surface area (Å²) < 4.78 is 33.1. The number of carbonyl (C=O) groups excluding carboxylic acids is 2. The highest BCUT2D eigenvalue weighted by Gasteiger charge is 2.32. The molecule has 162 valence electrons. The highest BCUT2D eigenvalue weighted by atomic mass is 19.3. The molecule has 0 saturated carbocycles. The molecule has 31 heavy (non-hydrogen) atoms. The van der Waals surface area contributed by atoms with E-state index in [-0.39, 0.29) is 17.5 Å². The molecule has 8 nitrogen and oxygen atoms in total. The number of nitrogens with zero attached hydrogens (tertiary/aromatic N) is 4. The van der Waals surface area contributed by atoms with Crippen LogP contribution in [0.25, 0.3) is 5.65 Å². The number of anilines is 1. The lowest BCUT2D eigenvalue weighted by Gasteiger charge is -2.12. The molecule has 1 N–H and O–H groups in total. The van der Waals surface area contributed by atoms with Crippen LogP contribution in [0, 0.1) is 0 Å². The number of carbonyl (C=O) groups is 2. The number of aromatic nitrogens is 3. The van der Waals surface area contributed by atoms with Crippen LogP contribution in [0.15, 0.2) is 36.7 Å². The molecule has 0 radical (unpaired) electrons. The van der Waals surface area contributed by atoms with Crippen molar-refractivity contribution in [1.29, 1.82) is 0 Å².